The zero-order chi connectivity index (χ0) is 13.8. The van der Waals surface area contributed by atoms with Crippen LogP contribution in [0.1, 0.15) is 42.5 Å². The Morgan fingerprint density at radius 3 is 1.89 bits per heavy atom. The maximum absolute atomic E-state index is 2.27. The molecule has 0 amide bonds. The van der Waals surface area contributed by atoms with E-state index in [0.717, 1.165) is 6.42 Å². The van der Waals surface area contributed by atoms with Gasteiger partial charge in [-0.1, -0.05) is 55.5 Å². The van der Waals surface area contributed by atoms with Crippen LogP contribution in [-0.4, -0.2) is 0 Å². The van der Waals surface area contributed by atoms with Gasteiger partial charge in [-0.25, -0.2) is 0 Å². The first-order chi connectivity index (χ1) is 9.20. The monoisotopic (exact) mass is 250 g/mol. The number of rotatable bonds is 3. The van der Waals surface area contributed by atoms with Crippen LogP contribution in [0, 0.1) is 13.8 Å². The van der Waals surface area contributed by atoms with E-state index in [1.54, 1.807) is 0 Å². The predicted octanol–water partition coefficient (Wildman–Crippen LogP) is 5.91. The highest BCUT2D eigenvalue weighted by Gasteiger charge is 2.10. The van der Waals surface area contributed by atoms with Crippen LogP contribution >= 0.6 is 0 Å². The fraction of sp³-hybridized carbons (Fsp3) is 0.263. The Kier molecular flexibility index (Phi) is 4.21. The molecule has 0 nitrogen and oxygen atoms in total. The highest BCUT2D eigenvalue weighted by Crippen LogP contribution is 2.31. The van der Waals surface area contributed by atoms with Gasteiger partial charge in [0.2, 0.25) is 0 Å². The van der Waals surface area contributed by atoms with Crippen LogP contribution in [0.4, 0.5) is 0 Å². The summed E-state index contributed by atoms with van der Waals surface area (Å²) in [5.74, 6) is 0. The van der Waals surface area contributed by atoms with Crippen molar-refractivity contribution in [1.29, 1.82) is 0 Å². The third-order valence-electron chi connectivity index (χ3n) is 3.73. The lowest BCUT2D eigenvalue weighted by atomic mass is 9.90. The Labute approximate surface area is 116 Å². The van der Waals surface area contributed by atoms with Gasteiger partial charge in [-0.3, -0.25) is 0 Å². The zero-order valence-corrected chi connectivity index (χ0v) is 12.3. The molecule has 0 aliphatic heterocycles. The predicted molar refractivity (Wildman–Crippen MR) is 87.5 cm³/mol. The van der Waals surface area contributed by atoms with Crippen molar-refractivity contribution in [2.45, 2.75) is 34.1 Å². The minimum Gasteiger partial charge on any atom is -0.0870 e. The third-order valence-corrected chi connectivity index (χ3v) is 3.73. The molecule has 0 aliphatic carbocycles. The van der Waals surface area contributed by atoms with E-state index < -0.39 is 0 Å². The van der Waals surface area contributed by atoms with Gasteiger partial charge < -0.3 is 0 Å². The smallest absolute Gasteiger partial charge is 0.0103 e. The normalized spacial score (nSPS) is 12.0. The second-order valence-corrected chi connectivity index (χ2v) is 4.93. The van der Waals surface area contributed by atoms with E-state index in [1.807, 2.05) is 0 Å². The molecule has 2 rings (SSSR count). The summed E-state index contributed by atoms with van der Waals surface area (Å²) in [5, 5.41) is 2.70. The number of benzene rings is 2. The van der Waals surface area contributed by atoms with Gasteiger partial charge in [-0.15, -0.1) is 0 Å². The molecule has 2 aromatic rings. The molecule has 0 atom stereocenters. The van der Waals surface area contributed by atoms with Gasteiger partial charge in [0.15, 0.2) is 0 Å². The first kappa shape index (κ1) is 13.6. The molecule has 0 heterocycles. The van der Waals surface area contributed by atoms with Crippen molar-refractivity contribution in [1.82, 2.24) is 0 Å². The Balaban J connectivity index is 2.87. The van der Waals surface area contributed by atoms with Crippen LogP contribution in [0.3, 0.4) is 0 Å². The molecule has 0 saturated heterocycles. The fourth-order valence-corrected chi connectivity index (χ4v) is 2.59. The summed E-state index contributed by atoms with van der Waals surface area (Å²) in [6, 6.07) is 8.70. The van der Waals surface area contributed by atoms with Gasteiger partial charge >= 0.3 is 0 Å². The van der Waals surface area contributed by atoms with Gasteiger partial charge in [-0.05, 0) is 60.2 Å². The quantitative estimate of drug-likeness (QED) is 0.635. The lowest BCUT2D eigenvalue weighted by Crippen LogP contribution is -1.94. The molecule has 0 aliphatic rings. The molecule has 0 spiro atoms. The number of fused-ring (bicyclic) bond motifs is 1. The van der Waals surface area contributed by atoms with Crippen LogP contribution in [0.2, 0.25) is 0 Å². The van der Waals surface area contributed by atoms with Gasteiger partial charge in [0.1, 0.15) is 0 Å². The van der Waals surface area contributed by atoms with Crippen molar-refractivity contribution in [2.75, 3.05) is 0 Å². The highest BCUT2D eigenvalue weighted by molar-refractivity contribution is 5.98. The van der Waals surface area contributed by atoms with E-state index >= 15 is 0 Å². The van der Waals surface area contributed by atoms with Crippen molar-refractivity contribution in [2.24, 2.45) is 0 Å². The Hall–Kier alpha value is -1.82. The average molecular weight is 250 g/mol. The van der Waals surface area contributed by atoms with E-state index in [0.29, 0.717) is 0 Å². The molecule has 2 aromatic carbocycles. The summed E-state index contributed by atoms with van der Waals surface area (Å²) in [7, 11) is 0. The Bertz CT molecular complexity index is 643. The Morgan fingerprint density at radius 2 is 1.42 bits per heavy atom. The SMILES string of the molecule is C/C=C\c1c(C)c(C)c(/C=C\CC)c2ccccc12. The highest BCUT2D eigenvalue weighted by atomic mass is 14.1. The number of hydrogen-bond donors (Lipinski definition) is 0. The topological polar surface area (TPSA) is 0 Å². The first-order valence-electron chi connectivity index (χ1n) is 7.01. The second-order valence-electron chi connectivity index (χ2n) is 4.93. The van der Waals surface area contributed by atoms with E-state index in [-0.39, 0.29) is 0 Å². The van der Waals surface area contributed by atoms with E-state index in [1.165, 1.54) is 33.0 Å². The molecule has 19 heavy (non-hydrogen) atoms. The maximum Gasteiger partial charge on any atom is -0.0103 e. The first-order valence-corrected chi connectivity index (χ1v) is 7.01. The second kappa shape index (κ2) is 5.88. The van der Waals surface area contributed by atoms with Crippen molar-refractivity contribution in [3.8, 4) is 0 Å². The molecule has 98 valence electrons. The molecule has 0 fully saturated rings. The summed E-state index contributed by atoms with van der Waals surface area (Å²) in [6.07, 6.45) is 9.92. The largest absolute Gasteiger partial charge is 0.0870 e. The van der Waals surface area contributed by atoms with E-state index in [4.69, 9.17) is 0 Å². The molecule has 0 unspecified atom stereocenters. The van der Waals surface area contributed by atoms with Crippen LogP contribution in [-0.2, 0) is 0 Å². The summed E-state index contributed by atoms with van der Waals surface area (Å²) < 4.78 is 0. The molecule has 0 bridgehead atoms. The molecule has 0 heteroatoms. The lowest BCUT2D eigenvalue weighted by Gasteiger charge is -2.15. The van der Waals surface area contributed by atoms with Crippen molar-refractivity contribution < 1.29 is 0 Å². The molecule has 0 aromatic heterocycles. The number of allylic oxidation sites excluding steroid dienone is 2. The summed E-state index contributed by atoms with van der Waals surface area (Å²) in [5.41, 5.74) is 5.48. The van der Waals surface area contributed by atoms with Crippen molar-refractivity contribution >= 4 is 22.9 Å². The van der Waals surface area contributed by atoms with Crippen LogP contribution in [0.15, 0.2) is 36.4 Å². The van der Waals surface area contributed by atoms with E-state index in [9.17, 15) is 0 Å². The van der Waals surface area contributed by atoms with Crippen molar-refractivity contribution in [3.05, 3.63) is 58.7 Å². The third kappa shape index (κ3) is 2.49. The molecule has 0 N–H and O–H groups in total. The van der Waals surface area contributed by atoms with Crippen LogP contribution in [0.5, 0.6) is 0 Å². The van der Waals surface area contributed by atoms with E-state index in [2.05, 4.69) is 76.3 Å². The average Bonchev–Trinajstić information content (AvgIpc) is 2.44. The van der Waals surface area contributed by atoms with Crippen LogP contribution in [0.25, 0.3) is 22.9 Å². The van der Waals surface area contributed by atoms with Gasteiger partial charge in [0.05, 0.1) is 0 Å². The maximum atomic E-state index is 2.27. The molecule has 0 radical (unpaired) electrons. The molecule has 0 saturated carbocycles. The Morgan fingerprint density at radius 1 is 0.895 bits per heavy atom. The number of hydrogen-bond acceptors (Lipinski definition) is 0. The van der Waals surface area contributed by atoms with Crippen LogP contribution < -0.4 is 0 Å². The standard InChI is InChI=1S/C19H22/c1-5-7-11-17-15(4)14(3)16(10-6-2)18-12-8-9-13-19(17)18/h6-13H,5H2,1-4H3/b10-6-,11-7-. The van der Waals surface area contributed by atoms with Gasteiger partial charge in [-0.2, -0.15) is 0 Å². The van der Waals surface area contributed by atoms with Crippen molar-refractivity contribution in [3.63, 3.8) is 0 Å². The zero-order valence-electron chi connectivity index (χ0n) is 12.3. The lowest BCUT2D eigenvalue weighted by molar-refractivity contribution is 1.23. The minimum absolute atomic E-state index is 1.07. The molecular formula is C19H22. The summed E-state index contributed by atoms with van der Waals surface area (Å²) in [6.45, 7) is 8.70. The van der Waals surface area contributed by atoms with Gasteiger partial charge in [0, 0.05) is 0 Å². The summed E-state index contributed by atoms with van der Waals surface area (Å²) in [4.78, 5) is 0. The fourth-order valence-electron chi connectivity index (χ4n) is 2.59. The molecular weight excluding hydrogens is 228 g/mol. The van der Waals surface area contributed by atoms with Gasteiger partial charge in [0.25, 0.3) is 0 Å². The summed E-state index contributed by atoms with van der Waals surface area (Å²) >= 11 is 0. The minimum atomic E-state index is 1.07.